The fourth-order valence-corrected chi connectivity index (χ4v) is 2.90. The highest BCUT2D eigenvalue weighted by atomic mass is 16.5. The second-order valence-electron chi connectivity index (χ2n) is 6.29. The standard InChI is InChI=1S/C24H20O5/c1-3-28-24(27)20(16(2)25)15-21-19-12-8-7-9-17(19)13-14-22(21)29-23(26)18-10-5-4-6-11-18/h4-15H,3H2,1-2H3/b20-15-. The molecule has 29 heavy (non-hydrogen) atoms. The summed E-state index contributed by atoms with van der Waals surface area (Å²) in [6.07, 6.45) is 1.43. The molecule has 0 unspecified atom stereocenters. The molecule has 5 nitrogen and oxygen atoms in total. The largest absolute Gasteiger partial charge is 0.462 e. The van der Waals surface area contributed by atoms with E-state index < -0.39 is 17.7 Å². The second kappa shape index (κ2) is 8.97. The molecule has 3 aromatic rings. The first-order chi connectivity index (χ1) is 14.0. The maximum Gasteiger partial charge on any atom is 0.343 e. The van der Waals surface area contributed by atoms with Crippen molar-refractivity contribution in [1.82, 2.24) is 0 Å². The zero-order chi connectivity index (χ0) is 20.8. The molecule has 0 N–H and O–H groups in total. The first-order valence-corrected chi connectivity index (χ1v) is 9.20. The molecule has 0 aromatic heterocycles. The summed E-state index contributed by atoms with van der Waals surface area (Å²) in [5.74, 6) is -1.43. The number of Topliss-reactive ketones (excluding diaryl/α,β-unsaturated/α-hetero) is 1. The van der Waals surface area contributed by atoms with Crippen LogP contribution in [0.15, 0.2) is 72.3 Å². The van der Waals surface area contributed by atoms with E-state index >= 15 is 0 Å². The summed E-state index contributed by atoms with van der Waals surface area (Å²) < 4.78 is 10.6. The van der Waals surface area contributed by atoms with E-state index in [1.807, 2.05) is 30.3 Å². The lowest BCUT2D eigenvalue weighted by atomic mass is 10.00. The maximum absolute atomic E-state index is 12.6. The van der Waals surface area contributed by atoms with Crippen LogP contribution in [-0.2, 0) is 14.3 Å². The number of ether oxygens (including phenoxy) is 2. The van der Waals surface area contributed by atoms with E-state index in [0.717, 1.165) is 10.8 Å². The Kier molecular flexibility index (Phi) is 6.19. The third-order valence-corrected chi connectivity index (χ3v) is 4.31. The normalized spacial score (nSPS) is 11.2. The molecule has 0 fully saturated rings. The molecule has 0 saturated heterocycles. The number of ketones is 1. The Morgan fingerprint density at radius 1 is 0.897 bits per heavy atom. The van der Waals surface area contributed by atoms with Crippen molar-refractivity contribution < 1.29 is 23.9 Å². The maximum atomic E-state index is 12.6. The average Bonchev–Trinajstić information content (AvgIpc) is 2.73. The molecule has 0 aliphatic rings. The summed E-state index contributed by atoms with van der Waals surface area (Å²) in [7, 11) is 0. The first-order valence-electron chi connectivity index (χ1n) is 9.20. The van der Waals surface area contributed by atoms with Gasteiger partial charge in [0.2, 0.25) is 0 Å². The third-order valence-electron chi connectivity index (χ3n) is 4.31. The molecule has 0 amide bonds. The van der Waals surface area contributed by atoms with Gasteiger partial charge >= 0.3 is 11.9 Å². The molecular formula is C24H20O5. The van der Waals surface area contributed by atoms with Gasteiger partial charge in [-0.3, -0.25) is 4.79 Å². The summed E-state index contributed by atoms with van der Waals surface area (Å²) >= 11 is 0. The molecule has 0 radical (unpaired) electrons. The predicted molar refractivity (Wildman–Crippen MR) is 111 cm³/mol. The van der Waals surface area contributed by atoms with Crippen LogP contribution in [0, 0.1) is 0 Å². The minimum atomic E-state index is -0.715. The Bertz CT molecular complexity index is 1100. The van der Waals surface area contributed by atoms with Gasteiger partial charge in [-0.15, -0.1) is 0 Å². The molecule has 5 heteroatoms. The molecule has 0 saturated carbocycles. The van der Waals surface area contributed by atoms with E-state index in [1.165, 1.54) is 13.0 Å². The lowest BCUT2D eigenvalue weighted by Gasteiger charge is -2.12. The van der Waals surface area contributed by atoms with Crippen molar-refractivity contribution in [3.63, 3.8) is 0 Å². The summed E-state index contributed by atoms with van der Waals surface area (Å²) in [4.78, 5) is 36.9. The van der Waals surface area contributed by atoms with E-state index in [9.17, 15) is 14.4 Å². The van der Waals surface area contributed by atoms with Gasteiger partial charge < -0.3 is 9.47 Å². The molecule has 3 rings (SSSR count). The Morgan fingerprint density at radius 3 is 2.28 bits per heavy atom. The van der Waals surface area contributed by atoms with Gasteiger partial charge in [-0.1, -0.05) is 48.5 Å². The highest BCUT2D eigenvalue weighted by Crippen LogP contribution is 2.31. The van der Waals surface area contributed by atoms with Crippen molar-refractivity contribution in [3.8, 4) is 5.75 Å². The number of fused-ring (bicyclic) bond motifs is 1. The van der Waals surface area contributed by atoms with Crippen LogP contribution < -0.4 is 4.74 Å². The zero-order valence-corrected chi connectivity index (χ0v) is 16.2. The Hall–Kier alpha value is -3.73. The molecule has 0 bridgehead atoms. The van der Waals surface area contributed by atoms with E-state index in [2.05, 4.69) is 0 Å². The van der Waals surface area contributed by atoms with Crippen LogP contribution in [0.25, 0.3) is 16.8 Å². The fourth-order valence-electron chi connectivity index (χ4n) is 2.90. The van der Waals surface area contributed by atoms with Gasteiger partial charge in [0.25, 0.3) is 0 Å². The molecule has 0 aliphatic heterocycles. The van der Waals surface area contributed by atoms with Gasteiger partial charge in [0.1, 0.15) is 11.3 Å². The van der Waals surface area contributed by atoms with Crippen molar-refractivity contribution in [2.75, 3.05) is 6.61 Å². The number of rotatable bonds is 6. The van der Waals surface area contributed by atoms with Crippen LogP contribution in [0.5, 0.6) is 5.75 Å². The molecule has 0 atom stereocenters. The molecule has 0 heterocycles. The van der Waals surface area contributed by atoms with Crippen molar-refractivity contribution in [1.29, 1.82) is 0 Å². The van der Waals surface area contributed by atoms with Gasteiger partial charge in [0.05, 0.1) is 12.2 Å². The van der Waals surface area contributed by atoms with E-state index in [-0.39, 0.29) is 17.9 Å². The molecule has 3 aromatic carbocycles. The van der Waals surface area contributed by atoms with Gasteiger partial charge in [0, 0.05) is 5.56 Å². The Balaban J connectivity index is 2.13. The van der Waals surface area contributed by atoms with Gasteiger partial charge in [-0.2, -0.15) is 0 Å². The number of carbonyl (C=O) groups is 3. The Labute approximate surface area is 168 Å². The number of benzene rings is 3. The minimum Gasteiger partial charge on any atom is -0.462 e. The van der Waals surface area contributed by atoms with Crippen molar-refractivity contribution >= 4 is 34.6 Å². The van der Waals surface area contributed by atoms with Gasteiger partial charge in [-0.05, 0) is 48.9 Å². The summed E-state index contributed by atoms with van der Waals surface area (Å²) in [6.45, 7) is 3.11. The summed E-state index contributed by atoms with van der Waals surface area (Å²) in [5.41, 5.74) is 0.749. The second-order valence-corrected chi connectivity index (χ2v) is 6.29. The quantitative estimate of drug-likeness (QED) is 0.203. The average molecular weight is 388 g/mol. The lowest BCUT2D eigenvalue weighted by molar-refractivity contribution is -0.139. The molecular weight excluding hydrogens is 368 g/mol. The van der Waals surface area contributed by atoms with E-state index in [1.54, 1.807) is 43.3 Å². The zero-order valence-electron chi connectivity index (χ0n) is 16.2. The van der Waals surface area contributed by atoms with Gasteiger partial charge in [-0.25, -0.2) is 9.59 Å². The topological polar surface area (TPSA) is 69.7 Å². The Morgan fingerprint density at radius 2 is 1.59 bits per heavy atom. The van der Waals surface area contributed by atoms with Crippen molar-refractivity contribution in [2.24, 2.45) is 0 Å². The molecule has 146 valence electrons. The van der Waals surface area contributed by atoms with E-state index in [0.29, 0.717) is 11.1 Å². The number of esters is 2. The SMILES string of the molecule is CCOC(=O)/C(=C\c1c(OC(=O)c2ccccc2)ccc2ccccc12)C(C)=O. The highest BCUT2D eigenvalue weighted by molar-refractivity contribution is 6.20. The number of hydrogen-bond acceptors (Lipinski definition) is 5. The van der Waals surface area contributed by atoms with Crippen LogP contribution in [0.2, 0.25) is 0 Å². The van der Waals surface area contributed by atoms with Gasteiger partial charge in [0.15, 0.2) is 5.78 Å². The summed E-state index contributed by atoms with van der Waals surface area (Å²) in [5, 5.41) is 1.62. The number of hydrogen-bond donors (Lipinski definition) is 0. The monoisotopic (exact) mass is 388 g/mol. The van der Waals surface area contributed by atoms with Crippen LogP contribution >= 0.6 is 0 Å². The highest BCUT2D eigenvalue weighted by Gasteiger charge is 2.19. The van der Waals surface area contributed by atoms with Crippen LogP contribution in [-0.4, -0.2) is 24.3 Å². The van der Waals surface area contributed by atoms with Crippen LogP contribution in [0.1, 0.15) is 29.8 Å². The van der Waals surface area contributed by atoms with Crippen molar-refractivity contribution in [3.05, 3.63) is 83.4 Å². The molecule has 0 aliphatic carbocycles. The smallest absolute Gasteiger partial charge is 0.343 e. The van der Waals surface area contributed by atoms with Crippen molar-refractivity contribution in [2.45, 2.75) is 13.8 Å². The summed E-state index contributed by atoms with van der Waals surface area (Å²) in [6, 6.07) is 19.5. The third kappa shape index (κ3) is 4.58. The molecule has 0 spiro atoms. The fraction of sp³-hybridized carbons (Fsp3) is 0.125. The first kappa shape index (κ1) is 20.0. The predicted octanol–water partition coefficient (Wildman–Crippen LogP) is 4.59. The van der Waals surface area contributed by atoms with Crippen LogP contribution in [0.4, 0.5) is 0 Å². The van der Waals surface area contributed by atoms with E-state index in [4.69, 9.17) is 9.47 Å². The number of carbonyl (C=O) groups excluding carboxylic acids is 3. The minimum absolute atomic E-state index is 0.111. The van der Waals surface area contributed by atoms with Crippen LogP contribution in [0.3, 0.4) is 0 Å². The lowest BCUT2D eigenvalue weighted by Crippen LogP contribution is -2.14.